The third kappa shape index (κ3) is 4.44. The quantitative estimate of drug-likeness (QED) is 0.466. The zero-order valence-electron chi connectivity index (χ0n) is 19.5. The van der Waals surface area contributed by atoms with E-state index in [4.69, 9.17) is 14.5 Å². The van der Waals surface area contributed by atoms with Gasteiger partial charge in [-0.3, -0.25) is 9.78 Å². The van der Waals surface area contributed by atoms with Crippen LogP contribution in [0.3, 0.4) is 0 Å². The van der Waals surface area contributed by atoms with Gasteiger partial charge in [-0.2, -0.15) is 5.26 Å². The Morgan fingerprint density at radius 1 is 1.17 bits per heavy atom. The zero-order valence-corrected chi connectivity index (χ0v) is 19.5. The first kappa shape index (κ1) is 22.5. The van der Waals surface area contributed by atoms with Crippen molar-refractivity contribution in [1.82, 2.24) is 15.3 Å². The molecule has 7 nitrogen and oxygen atoms in total. The average molecular weight is 465 g/mol. The first-order valence-electron chi connectivity index (χ1n) is 11.3. The summed E-state index contributed by atoms with van der Waals surface area (Å²) >= 11 is 0. The van der Waals surface area contributed by atoms with E-state index in [2.05, 4.69) is 16.4 Å². The van der Waals surface area contributed by atoms with E-state index < -0.39 is 5.41 Å². The van der Waals surface area contributed by atoms with Crippen LogP contribution in [0.1, 0.15) is 34.1 Å². The van der Waals surface area contributed by atoms with Gasteiger partial charge in [0.05, 0.1) is 49.8 Å². The fourth-order valence-electron chi connectivity index (χ4n) is 4.24. The highest BCUT2D eigenvalue weighted by molar-refractivity contribution is 5.94. The molecule has 0 unspecified atom stereocenters. The number of nitrogens with zero attached hydrogens (tertiary/aromatic N) is 3. The number of fused-ring (bicyclic) bond motifs is 2. The summed E-state index contributed by atoms with van der Waals surface area (Å²) in [4.78, 5) is 22.1. The number of benzene rings is 2. The van der Waals surface area contributed by atoms with Gasteiger partial charge in [-0.05, 0) is 72.6 Å². The number of nitriles is 1. The Kier molecular flexibility index (Phi) is 5.89. The van der Waals surface area contributed by atoms with Crippen LogP contribution in [0.25, 0.3) is 22.2 Å². The molecule has 1 aliphatic rings. The summed E-state index contributed by atoms with van der Waals surface area (Å²) in [6.07, 6.45) is 1.76. The Morgan fingerprint density at radius 2 is 2.00 bits per heavy atom. The normalized spacial score (nSPS) is 16.8. The Balaban J connectivity index is 1.34. The predicted octanol–water partition coefficient (Wildman–Crippen LogP) is 4.55. The highest BCUT2D eigenvalue weighted by atomic mass is 16.5. The van der Waals surface area contributed by atoms with Crippen LogP contribution in [0.5, 0.6) is 5.75 Å². The van der Waals surface area contributed by atoms with Crippen LogP contribution >= 0.6 is 0 Å². The number of rotatable bonds is 5. The van der Waals surface area contributed by atoms with Gasteiger partial charge in [0.1, 0.15) is 11.2 Å². The van der Waals surface area contributed by atoms with Crippen molar-refractivity contribution in [3.63, 3.8) is 0 Å². The lowest BCUT2D eigenvalue weighted by Crippen LogP contribution is -2.33. The molecule has 0 saturated carbocycles. The van der Waals surface area contributed by atoms with Gasteiger partial charge < -0.3 is 14.8 Å². The molecule has 5 rings (SSSR count). The molecule has 3 heterocycles. The maximum Gasteiger partial charge on any atom is 0.251 e. The van der Waals surface area contributed by atoms with Gasteiger partial charge in [0.2, 0.25) is 0 Å². The number of hydrogen-bond donors (Lipinski definition) is 1. The number of amides is 1. The molecular weight excluding hydrogens is 440 g/mol. The molecule has 7 heteroatoms. The second-order valence-corrected chi connectivity index (χ2v) is 8.78. The van der Waals surface area contributed by atoms with E-state index in [9.17, 15) is 10.1 Å². The molecular formula is C28H24N4O3. The second-order valence-electron chi connectivity index (χ2n) is 8.78. The molecule has 0 bridgehead atoms. The fourth-order valence-corrected chi connectivity index (χ4v) is 4.24. The number of ether oxygens (including phenoxy) is 2. The topological polar surface area (TPSA) is 97.1 Å². The standard InChI is InChI=1S/C28H24N4O3/c1-28(16-29)17-35-15-21-4-3-19(11-24(21)28)27(33)31-14-22-12-26-20(13-30-22)7-10-25(32-26)18-5-8-23(34-2)9-6-18/h3-13H,14-15,17H2,1-2H3,(H,31,33)/t28-/m1/s1. The van der Waals surface area contributed by atoms with Crippen LogP contribution in [0, 0.1) is 11.3 Å². The number of carbonyl (C=O) groups excluding carboxylic acids is 1. The van der Waals surface area contributed by atoms with Crippen molar-refractivity contribution < 1.29 is 14.3 Å². The largest absolute Gasteiger partial charge is 0.497 e. The number of aromatic nitrogens is 2. The number of nitrogens with one attached hydrogen (secondary N) is 1. The monoisotopic (exact) mass is 464 g/mol. The second kappa shape index (κ2) is 9.16. The molecule has 1 amide bonds. The summed E-state index contributed by atoms with van der Waals surface area (Å²) in [5.74, 6) is 0.572. The minimum Gasteiger partial charge on any atom is -0.497 e. The Bertz CT molecular complexity index is 1460. The number of hydrogen-bond acceptors (Lipinski definition) is 6. The number of carbonyl (C=O) groups is 1. The molecule has 35 heavy (non-hydrogen) atoms. The molecule has 4 aromatic rings. The minimum atomic E-state index is -0.767. The highest BCUT2D eigenvalue weighted by Gasteiger charge is 2.33. The number of pyridine rings is 2. The summed E-state index contributed by atoms with van der Waals surface area (Å²) in [5, 5.41) is 13.5. The molecule has 1 atom stereocenters. The lowest BCUT2D eigenvalue weighted by Gasteiger charge is -2.30. The van der Waals surface area contributed by atoms with E-state index >= 15 is 0 Å². The van der Waals surface area contributed by atoms with Crippen LogP contribution in [0.2, 0.25) is 0 Å². The zero-order chi connectivity index (χ0) is 24.4. The molecule has 2 aromatic heterocycles. The summed E-state index contributed by atoms with van der Waals surface area (Å²) in [7, 11) is 1.64. The van der Waals surface area contributed by atoms with Crippen LogP contribution in [0.4, 0.5) is 0 Å². The molecule has 0 radical (unpaired) electrons. The predicted molar refractivity (Wildman–Crippen MR) is 132 cm³/mol. The molecule has 0 fully saturated rings. The van der Waals surface area contributed by atoms with Crippen LogP contribution in [-0.2, 0) is 23.3 Å². The molecule has 0 saturated heterocycles. The summed E-state index contributed by atoms with van der Waals surface area (Å²) in [6.45, 7) is 2.85. The summed E-state index contributed by atoms with van der Waals surface area (Å²) in [5.41, 5.74) is 4.87. The van der Waals surface area contributed by atoms with Crippen molar-refractivity contribution in [2.45, 2.75) is 25.5 Å². The van der Waals surface area contributed by atoms with E-state index in [0.29, 0.717) is 24.5 Å². The van der Waals surface area contributed by atoms with Crippen molar-refractivity contribution in [2.24, 2.45) is 0 Å². The first-order chi connectivity index (χ1) is 17.0. The van der Waals surface area contributed by atoms with E-state index in [0.717, 1.165) is 39.0 Å². The molecule has 2 aromatic carbocycles. The van der Waals surface area contributed by atoms with Gasteiger partial charge in [-0.15, -0.1) is 0 Å². The Hall–Kier alpha value is -4.28. The van der Waals surface area contributed by atoms with E-state index in [-0.39, 0.29) is 12.5 Å². The maximum absolute atomic E-state index is 12.9. The van der Waals surface area contributed by atoms with Gasteiger partial charge >= 0.3 is 0 Å². The van der Waals surface area contributed by atoms with Crippen LogP contribution < -0.4 is 10.1 Å². The minimum absolute atomic E-state index is 0.221. The van der Waals surface area contributed by atoms with E-state index in [1.807, 2.05) is 55.5 Å². The maximum atomic E-state index is 12.9. The number of methoxy groups -OCH3 is 1. The fraction of sp³-hybridized carbons (Fsp3) is 0.214. The first-order valence-corrected chi connectivity index (χ1v) is 11.3. The molecule has 1 aliphatic heterocycles. The van der Waals surface area contributed by atoms with Crippen molar-refractivity contribution in [3.8, 4) is 23.1 Å². The van der Waals surface area contributed by atoms with Crippen molar-refractivity contribution in [1.29, 1.82) is 5.26 Å². The smallest absolute Gasteiger partial charge is 0.251 e. The van der Waals surface area contributed by atoms with Gasteiger partial charge in [0.15, 0.2) is 0 Å². The van der Waals surface area contributed by atoms with Crippen molar-refractivity contribution in [2.75, 3.05) is 13.7 Å². The lowest BCUT2D eigenvalue weighted by molar-refractivity contribution is 0.0757. The third-order valence-corrected chi connectivity index (χ3v) is 6.31. The lowest BCUT2D eigenvalue weighted by atomic mass is 9.79. The molecule has 174 valence electrons. The average Bonchev–Trinajstić information content (AvgIpc) is 2.91. The van der Waals surface area contributed by atoms with E-state index in [1.165, 1.54) is 0 Å². The van der Waals surface area contributed by atoms with Crippen LogP contribution in [-0.4, -0.2) is 29.6 Å². The molecule has 1 N–H and O–H groups in total. The third-order valence-electron chi connectivity index (χ3n) is 6.31. The van der Waals surface area contributed by atoms with Crippen molar-refractivity contribution >= 4 is 16.8 Å². The highest BCUT2D eigenvalue weighted by Crippen LogP contribution is 2.32. The van der Waals surface area contributed by atoms with Gasteiger partial charge in [0.25, 0.3) is 5.91 Å². The molecule has 0 aliphatic carbocycles. The SMILES string of the molecule is COc1ccc(-c2ccc3cnc(CNC(=O)c4ccc5c(c4)[C@](C)(C#N)COC5)cc3n2)cc1. The van der Waals surface area contributed by atoms with Crippen molar-refractivity contribution in [3.05, 3.63) is 89.2 Å². The van der Waals surface area contributed by atoms with Crippen LogP contribution in [0.15, 0.2) is 66.9 Å². The van der Waals surface area contributed by atoms with Gasteiger partial charge in [0, 0.05) is 22.7 Å². The molecule has 0 spiro atoms. The summed E-state index contributed by atoms with van der Waals surface area (Å²) in [6, 6.07) is 21.3. The Labute approximate surface area is 203 Å². The van der Waals surface area contributed by atoms with Gasteiger partial charge in [-0.1, -0.05) is 6.07 Å². The van der Waals surface area contributed by atoms with Gasteiger partial charge in [-0.25, -0.2) is 4.98 Å². The van der Waals surface area contributed by atoms with E-state index in [1.54, 1.807) is 25.4 Å². The summed E-state index contributed by atoms with van der Waals surface area (Å²) < 4.78 is 10.8. The Morgan fingerprint density at radius 3 is 2.77 bits per heavy atom.